The predicted molar refractivity (Wildman–Crippen MR) is 83.0 cm³/mol. The van der Waals surface area contributed by atoms with Gasteiger partial charge in [-0.2, -0.15) is 0 Å². The molecule has 0 unspecified atom stereocenters. The third-order valence-corrected chi connectivity index (χ3v) is 3.16. The minimum absolute atomic E-state index is 0.190. The van der Waals surface area contributed by atoms with E-state index in [9.17, 15) is 4.79 Å². The van der Waals surface area contributed by atoms with Gasteiger partial charge in [0.2, 0.25) is 5.91 Å². The second-order valence-electron chi connectivity index (χ2n) is 4.58. The summed E-state index contributed by atoms with van der Waals surface area (Å²) in [4.78, 5) is 14.4. The molecular weight excluding hydrogens is 256 g/mol. The van der Waals surface area contributed by atoms with Crippen molar-refractivity contribution in [2.24, 2.45) is 5.73 Å². The monoisotopic (exact) mass is 278 g/mol. The summed E-state index contributed by atoms with van der Waals surface area (Å²) in [6.45, 7) is 3.37. The van der Waals surface area contributed by atoms with Crippen LogP contribution >= 0.6 is 12.2 Å². The summed E-state index contributed by atoms with van der Waals surface area (Å²) in [6, 6.07) is 10.2. The van der Waals surface area contributed by atoms with Crippen LogP contribution in [0.15, 0.2) is 30.3 Å². The first-order valence-corrected chi connectivity index (χ1v) is 7.14. The number of nitrogens with zero attached hydrogens (tertiary/aromatic N) is 1. The number of hydrogen-bond acceptors (Lipinski definition) is 2. The van der Waals surface area contributed by atoms with Crippen LogP contribution in [0.2, 0.25) is 0 Å². The number of hydrogen-bond donors (Lipinski definition) is 1. The van der Waals surface area contributed by atoms with Crippen molar-refractivity contribution in [1.29, 1.82) is 0 Å². The van der Waals surface area contributed by atoms with Crippen molar-refractivity contribution in [3.8, 4) is 0 Å². The molecule has 3 nitrogen and oxygen atoms in total. The Morgan fingerprint density at radius 1 is 1.21 bits per heavy atom. The van der Waals surface area contributed by atoms with Crippen LogP contribution in [-0.4, -0.2) is 28.9 Å². The molecule has 0 aromatic heterocycles. The zero-order chi connectivity index (χ0) is 14.1. The third-order valence-electron chi connectivity index (χ3n) is 2.96. The predicted octanol–water partition coefficient (Wildman–Crippen LogP) is 2.53. The summed E-state index contributed by atoms with van der Waals surface area (Å²) in [5.74, 6) is 0.190. The van der Waals surface area contributed by atoms with Crippen molar-refractivity contribution in [2.75, 3.05) is 13.1 Å². The summed E-state index contributed by atoms with van der Waals surface area (Å²) < 4.78 is 0. The van der Waals surface area contributed by atoms with E-state index < -0.39 is 0 Å². The van der Waals surface area contributed by atoms with Crippen molar-refractivity contribution >= 4 is 23.1 Å². The highest BCUT2D eigenvalue weighted by molar-refractivity contribution is 7.80. The van der Waals surface area contributed by atoms with Gasteiger partial charge < -0.3 is 10.6 Å². The van der Waals surface area contributed by atoms with Crippen LogP contribution in [0.1, 0.15) is 31.7 Å². The molecule has 0 bridgehead atoms. The van der Waals surface area contributed by atoms with E-state index in [1.54, 1.807) is 0 Å². The van der Waals surface area contributed by atoms with Gasteiger partial charge in [-0.05, 0) is 18.4 Å². The number of carbonyl (C=O) groups excluding carboxylic acids is 1. The molecule has 1 amide bonds. The third kappa shape index (κ3) is 6.34. The van der Waals surface area contributed by atoms with Gasteiger partial charge in [-0.1, -0.05) is 49.5 Å². The first kappa shape index (κ1) is 15.6. The number of benzene rings is 1. The summed E-state index contributed by atoms with van der Waals surface area (Å²) >= 11 is 4.88. The van der Waals surface area contributed by atoms with Gasteiger partial charge in [-0.15, -0.1) is 0 Å². The molecule has 2 N–H and O–H groups in total. The minimum Gasteiger partial charge on any atom is -0.393 e. The first-order valence-electron chi connectivity index (χ1n) is 6.73. The highest BCUT2D eigenvalue weighted by Gasteiger charge is 2.12. The standard InChI is InChI=1S/C15H22N2OS/c1-2-6-15(18)17(12-10-14(16)19)11-9-13-7-4-3-5-8-13/h3-5,7-8H,2,6,9-12H2,1H3,(H2,16,19). The van der Waals surface area contributed by atoms with Crippen LogP contribution in [0.5, 0.6) is 0 Å². The molecule has 0 saturated heterocycles. The van der Waals surface area contributed by atoms with Crippen molar-refractivity contribution in [3.05, 3.63) is 35.9 Å². The maximum Gasteiger partial charge on any atom is 0.222 e. The molecule has 0 aliphatic rings. The van der Waals surface area contributed by atoms with Crippen LogP contribution in [-0.2, 0) is 11.2 Å². The van der Waals surface area contributed by atoms with Gasteiger partial charge in [0, 0.05) is 25.9 Å². The van der Waals surface area contributed by atoms with Crippen molar-refractivity contribution < 1.29 is 4.79 Å². The highest BCUT2D eigenvalue weighted by atomic mass is 32.1. The number of thiocarbonyl (C=S) groups is 1. The van der Waals surface area contributed by atoms with Crippen molar-refractivity contribution in [2.45, 2.75) is 32.6 Å². The average Bonchev–Trinajstić information content (AvgIpc) is 2.40. The maximum absolute atomic E-state index is 12.0. The zero-order valence-corrected chi connectivity index (χ0v) is 12.3. The molecule has 0 aliphatic carbocycles. The summed E-state index contributed by atoms with van der Waals surface area (Å²) in [5, 5.41) is 0. The number of nitrogens with two attached hydrogens (primary N) is 1. The van der Waals surface area contributed by atoms with Crippen LogP contribution in [0.25, 0.3) is 0 Å². The van der Waals surface area contributed by atoms with E-state index in [-0.39, 0.29) is 5.91 Å². The van der Waals surface area contributed by atoms with Crippen molar-refractivity contribution in [3.63, 3.8) is 0 Å². The maximum atomic E-state index is 12.0. The fourth-order valence-electron chi connectivity index (χ4n) is 1.89. The fourth-order valence-corrected chi connectivity index (χ4v) is 1.98. The van der Waals surface area contributed by atoms with Crippen LogP contribution in [0, 0.1) is 0 Å². The quantitative estimate of drug-likeness (QED) is 0.743. The summed E-state index contributed by atoms with van der Waals surface area (Å²) in [7, 11) is 0. The molecule has 0 atom stereocenters. The first-order chi connectivity index (χ1) is 9.13. The van der Waals surface area contributed by atoms with Gasteiger partial charge >= 0.3 is 0 Å². The average molecular weight is 278 g/mol. The van der Waals surface area contributed by atoms with E-state index in [4.69, 9.17) is 18.0 Å². The Hall–Kier alpha value is -1.42. The molecule has 1 aromatic carbocycles. The van der Waals surface area contributed by atoms with E-state index in [0.29, 0.717) is 24.4 Å². The Bertz CT molecular complexity index is 406. The van der Waals surface area contributed by atoms with Crippen molar-refractivity contribution in [1.82, 2.24) is 4.90 Å². The Kier molecular flexibility index (Phi) is 7.11. The minimum atomic E-state index is 0.190. The lowest BCUT2D eigenvalue weighted by molar-refractivity contribution is -0.131. The Labute approximate surface area is 120 Å². The largest absolute Gasteiger partial charge is 0.393 e. The van der Waals surface area contributed by atoms with E-state index in [2.05, 4.69) is 12.1 Å². The number of rotatable bonds is 8. The number of amides is 1. The Balaban J connectivity index is 2.52. The van der Waals surface area contributed by atoms with Gasteiger partial charge in [0.25, 0.3) is 0 Å². The molecule has 1 rings (SSSR count). The molecular formula is C15H22N2OS. The SMILES string of the molecule is CCCC(=O)N(CCC(N)=S)CCc1ccccc1. The molecule has 0 radical (unpaired) electrons. The van der Waals surface area contributed by atoms with Crippen LogP contribution in [0.4, 0.5) is 0 Å². The highest BCUT2D eigenvalue weighted by Crippen LogP contribution is 2.05. The lowest BCUT2D eigenvalue weighted by Gasteiger charge is -2.22. The van der Waals surface area contributed by atoms with Gasteiger partial charge in [-0.3, -0.25) is 4.79 Å². The van der Waals surface area contributed by atoms with Gasteiger partial charge in [0.15, 0.2) is 0 Å². The van der Waals surface area contributed by atoms with E-state index in [1.165, 1.54) is 5.56 Å². The Morgan fingerprint density at radius 3 is 2.47 bits per heavy atom. The fraction of sp³-hybridized carbons (Fsp3) is 0.467. The van der Waals surface area contributed by atoms with E-state index in [1.807, 2.05) is 30.0 Å². The van der Waals surface area contributed by atoms with Crippen LogP contribution in [0.3, 0.4) is 0 Å². The molecule has 0 fully saturated rings. The number of carbonyl (C=O) groups is 1. The smallest absolute Gasteiger partial charge is 0.222 e. The topological polar surface area (TPSA) is 46.3 Å². The van der Waals surface area contributed by atoms with E-state index >= 15 is 0 Å². The normalized spacial score (nSPS) is 10.2. The molecule has 0 aliphatic heterocycles. The molecule has 1 aromatic rings. The van der Waals surface area contributed by atoms with Gasteiger partial charge in [0.05, 0.1) is 4.99 Å². The summed E-state index contributed by atoms with van der Waals surface area (Å²) in [5.41, 5.74) is 6.76. The van der Waals surface area contributed by atoms with Gasteiger partial charge in [0.1, 0.15) is 0 Å². The van der Waals surface area contributed by atoms with E-state index in [0.717, 1.165) is 19.4 Å². The molecule has 19 heavy (non-hydrogen) atoms. The molecule has 0 heterocycles. The second-order valence-corrected chi connectivity index (χ2v) is 5.11. The molecule has 4 heteroatoms. The zero-order valence-electron chi connectivity index (χ0n) is 11.5. The second kappa shape index (κ2) is 8.64. The lowest BCUT2D eigenvalue weighted by Crippen LogP contribution is -2.35. The molecule has 0 saturated carbocycles. The molecule has 0 spiro atoms. The molecule has 104 valence electrons. The van der Waals surface area contributed by atoms with Crippen LogP contribution < -0.4 is 5.73 Å². The summed E-state index contributed by atoms with van der Waals surface area (Å²) in [6.07, 6.45) is 2.92. The Morgan fingerprint density at radius 2 is 1.89 bits per heavy atom. The lowest BCUT2D eigenvalue weighted by atomic mass is 10.1. The van der Waals surface area contributed by atoms with Gasteiger partial charge in [-0.25, -0.2) is 0 Å².